The van der Waals surface area contributed by atoms with Crippen LogP contribution in [0.5, 0.6) is 11.5 Å². The Morgan fingerprint density at radius 1 is 1.06 bits per heavy atom. The Hall–Kier alpha value is -3.92. The number of hydrogen-bond acceptors (Lipinski definition) is 6. The third-order valence-electron chi connectivity index (χ3n) is 4.88. The van der Waals surface area contributed by atoms with Crippen molar-refractivity contribution in [2.24, 2.45) is 0 Å². The number of halogens is 2. The summed E-state index contributed by atoms with van der Waals surface area (Å²) in [7, 11) is 0. The van der Waals surface area contributed by atoms with Crippen LogP contribution in [0.2, 0.25) is 0 Å². The van der Waals surface area contributed by atoms with Crippen LogP contribution in [0.3, 0.4) is 0 Å². The fraction of sp³-hybridized carbons (Fsp3) is 0.0870. The van der Waals surface area contributed by atoms with E-state index in [-0.39, 0.29) is 34.7 Å². The molecule has 0 radical (unpaired) electrons. The van der Waals surface area contributed by atoms with Gasteiger partial charge in [0.15, 0.2) is 16.7 Å². The Bertz CT molecular complexity index is 1460. The van der Waals surface area contributed by atoms with Crippen LogP contribution in [0.15, 0.2) is 70.6 Å². The minimum absolute atomic E-state index is 0.102. The number of benzene rings is 3. The molecule has 1 aromatic heterocycles. The van der Waals surface area contributed by atoms with E-state index >= 15 is 0 Å². The van der Waals surface area contributed by atoms with Gasteiger partial charge >= 0.3 is 0 Å². The number of para-hydroxylation sites is 1. The Balaban J connectivity index is 1.45. The number of fused-ring (bicyclic) bond motifs is 2. The number of carbonyl (C=O) groups excluding carboxylic acids is 1. The molecule has 0 atom stereocenters. The lowest BCUT2D eigenvalue weighted by atomic mass is 10.2. The quantitative estimate of drug-likeness (QED) is 0.351. The molecule has 0 bridgehead atoms. The summed E-state index contributed by atoms with van der Waals surface area (Å²) < 4.78 is 39.6. The molecule has 3 aromatic carbocycles. The fourth-order valence-corrected chi connectivity index (χ4v) is 4.19. The van der Waals surface area contributed by atoms with Crippen LogP contribution in [0.1, 0.15) is 0 Å². The van der Waals surface area contributed by atoms with Crippen LogP contribution in [-0.4, -0.2) is 28.0 Å². The predicted octanol–water partition coefficient (Wildman–Crippen LogP) is 4.12. The number of nitrogens with zero attached hydrogens (tertiary/aromatic N) is 2. The second-order valence-electron chi connectivity index (χ2n) is 7.05. The second-order valence-corrected chi connectivity index (χ2v) is 8.00. The molecule has 0 saturated carbocycles. The van der Waals surface area contributed by atoms with Gasteiger partial charge in [0.25, 0.3) is 5.56 Å². The Kier molecular flexibility index (Phi) is 5.43. The van der Waals surface area contributed by atoms with E-state index in [2.05, 4.69) is 10.3 Å². The van der Waals surface area contributed by atoms with Gasteiger partial charge in [-0.2, -0.15) is 0 Å². The van der Waals surface area contributed by atoms with Crippen LogP contribution < -0.4 is 20.3 Å². The lowest BCUT2D eigenvalue weighted by Crippen LogP contribution is -2.23. The number of rotatable bonds is 5. The van der Waals surface area contributed by atoms with E-state index in [1.807, 2.05) is 0 Å². The van der Waals surface area contributed by atoms with Gasteiger partial charge in [0, 0.05) is 17.8 Å². The first kappa shape index (κ1) is 21.0. The van der Waals surface area contributed by atoms with Crippen molar-refractivity contribution in [2.75, 3.05) is 17.9 Å². The van der Waals surface area contributed by atoms with Gasteiger partial charge in [-0.15, -0.1) is 0 Å². The van der Waals surface area contributed by atoms with E-state index in [1.165, 1.54) is 6.07 Å². The van der Waals surface area contributed by atoms with Gasteiger partial charge in [-0.3, -0.25) is 14.2 Å². The summed E-state index contributed by atoms with van der Waals surface area (Å²) in [5.74, 6) is -1.05. The molecule has 0 aliphatic carbocycles. The normalized spacial score (nSPS) is 12.2. The molecule has 1 N–H and O–H groups in total. The van der Waals surface area contributed by atoms with Gasteiger partial charge in [-0.05, 0) is 36.4 Å². The predicted molar refractivity (Wildman–Crippen MR) is 119 cm³/mol. The maximum absolute atomic E-state index is 14.6. The number of aromatic nitrogens is 2. The largest absolute Gasteiger partial charge is 0.454 e. The van der Waals surface area contributed by atoms with Crippen molar-refractivity contribution in [1.82, 2.24) is 9.55 Å². The molecular formula is C23H15F2N3O4S. The third-order valence-corrected chi connectivity index (χ3v) is 5.82. The Morgan fingerprint density at radius 3 is 2.73 bits per heavy atom. The van der Waals surface area contributed by atoms with E-state index in [0.29, 0.717) is 28.8 Å². The zero-order chi connectivity index (χ0) is 22.9. The maximum atomic E-state index is 14.6. The molecule has 5 rings (SSSR count). The SMILES string of the molecule is O=C(CSc1nc2ccccc2c(=O)n1-c1ccc(F)cc1F)Nc1ccc2c(c1)OCO2. The molecule has 1 aliphatic rings. The number of hydrogen-bond donors (Lipinski definition) is 1. The Labute approximate surface area is 190 Å². The van der Waals surface area contributed by atoms with Crippen molar-refractivity contribution in [3.05, 3.63) is 82.7 Å². The molecule has 4 aromatic rings. The minimum atomic E-state index is -0.916. The average molecular weight is 467 g/mol. The molecule has 1 amide bonds. The summed E-state index contributed by atoms with van der Waals surface area (Å²) in [4.78, 5) is 30.2. The van der Waals surface area contributed by atoms with Crippen LogP contribution in [0.25, 0.3) is 16.6 Å². The number of anilines is 1. The number of thioether (sulfide) groups is 1. The molecule has 2 heterocycles. The molecule has 1 aliphatic heterocycles. The molecule has 0 spiro atoms. The first-order chi connectivity index (χ1) is 16.0. The number of amides is 1. The minimum Gasteiger partial charge on any atom is -0.454 e. The first-order valence-corrected chi connectivity index (χ1v) is 10.8. The average Bonchev–Trinajstić information content (AvgIpc) is 3.27. The van der Waals surface area contributed by atoms with E-state index in [4.69, 9.17) is 9.47 Å². The summed E-state index contributed by atoms with van der Waals surface area (Å²) >= 11 is 0.960. The van der Waals surface area contributed by atoms with Gasteiger partial charge in [-0.1, -0.05) is 23.9 Å². The van der Waals surface area contributed by atoms with Gasteiger partial charge in [0.2, 0.25) is 12.7 Å². The van der Waals surface area contributed by atoms with Gasteiger partial charge in [0.1, 0.15) is 11.6 Å². The highest BCUT2D eigenvalue weighted by molar-refractivity contribution is 7.99. The molecule has 7 nitrogen and oxygen atoms in total. The highest BCUT2D eigenvalue weighted by Crippen LogP contribution is 2.34. The smallest absolute Gasteiger partial charge is 0.266 e. The second kappa shape index (κ2) is 8.55. The number of nitrogens with one attached hydrogen (secondary N) is 1. The maximum Gasteiger partial charge on any atom is 0.266 e. The van der Waals surface area contributed by atoms with Crippen LogP contribution in [-0.2, 0) is 4.79 Å². The molecule has 10 heteroatoms. The van der Waals surface area contributed by atoms with Crippen molar-refractivity contribution in [2.45, 2.75) is 5.16 Å². The molecule has 0 unspecified atom stereocenters. The van der Waals surface area contributed by atoms with E-state index in [1.54, 1.807) is 42.5 Å². The van der Waals surface area contributed by atoms with Crippen LogP contribution in [0, 0.1) is 11.6 Å². The van der Waals surface area contributed by atoms with Gasteiger partial charge in [-0.25, -0.2) is 13.8 Å². The highest BCUT2D eigenvalue weighted by atomic mass is 32.2. The van der Waals surface area contributed by atoms with Crippen LogP contribution >= 0.6 is 11.8 Å². The summed E-state index contributed by atoms with van der Waals surface area (Å²) in [5.41, 5.74) is 0.237. The molecule has 0 saturated heterocycles. The number of carbonyl (C=O) groups is 1. The first-order valence-electron chi connectivity index (χ1n) is 9.79. The third kappa shape index (κ3) is 4.12. The standard InChI is InChI=1S/C23H15F2N3O4S/c24-13-5-7-18(16(25)9-13)28-22(30)15-3-1-2-4-17(15)27-23(28)33-11-21(29)26-14-6-8-19-20(10-14)32-12-31-19/h1-10H,11-12H2,(H,26,29). The van der Waals surface area contributed by atoms with Crippen molar-refractivity contribution in [3.63, 3.8) is 0 Å². The molecular weight excluding hydrogens is 452 g/mol. The van der Waals surface area contributed by atoms with Crippen molar-refractivity contribution in [1.29, 1.82) is 0 Å². The van der Waals surface area contributed by atoms with E-state index in [0.717, 1.165) is 22.4 Å². The topological polar surface area (TPSA) is 82.5 Å². The van der Waals surface area contributed by atoms with Crippen LogP contribution in [0.4, 0.5) is 14.5 Å². The molecule has 0 fully saturated rings. The molecule has 33 heavy (non-hydrogen) atoms. The monoisotopic (exact) mass is 467 g/mol. The number of ether oxygens (including phenoxy) is 2. The van der Waals surface area contributed by atoms with Crippen molar-refractivity contribution >= 4 is 34.3 Å². The van der Waals surface area contributed by atoms with E-state index < -0.39 is 17.2 Å². The Morgan fingerprint density at radius 2 is 1.88 bits per heavy atom. The summed E-state index contributed by atoms with van der Waals surface area (Å²) in [6.07, 6.45) is 0. The lowest BCUT2D eigenvalue weighted by Gasteiger charge is -2.14. The zero-order valence-corrected chi connectivity index (χ0v) is 17.7. The van der Waals surface area contributed by atoms with E-state index in [9.17, 15) is 18.4 Å². The summed E-state index contributed by atoms with van der Waals surface area (Å²) in [6, 6.07) is 14.5. The fourth-order valence-electron chi connectivity index (χ4n) is 3.39. The lowest BCUT2D eigenvalue weighted by molar-refractivity contribution is -0.113. The van der Waals surface area contributed by atoms with Crippen molar-refractivity contribution < 1.29 is 23.0 Å². The van der Waals surface area contributed by atoms with Gasteiger partial charge < -0.3 is 14.8 Å². The highest BCUT2D eigenvalue weighted by Gasteiger charge is 2.18. The summed E-state index contributed by atoms with van der Waals surface area (Å²) in [6.45, 7) is 0.119. The zero-order valence-electron chi connectivity index (χ0n) is 16.9. The van der Waals surface area contributed by atoms with Gasteiger partial charge in [0.05, 0.1) is 22.3 Å². The van der Waals surface area contributed by atoms with Crippen molar-refractivity contribution in [3.8, 4) is 17.2 Å². The molecule has 166 valence electrons. The summed E-state index contributed by atoms with van der Waals surface area (Å²) in [5, 5.41) is 3.11.